The highest BCUT2D eigenvalue weighted by molar-refractivity contribution is 5.96. The predicted octanol–water partition coefficient (Wildman–Crippen LogP) is -0.399. The second-order valence-electron chi connectivity index (χ2n) is 4.70. The van der Waals surface area contributed by atoms with E-state index >= 15 is 0 Å². The Morgan fingerprint density at radius 1 is 1.16 bits per heavy atom. The van der Waals surface area contributed by atoms with Crippen molar-refractivity contribution in [2.45, 2.75) is 0 Å². The molecular formula is C13H20N4O2. The standard InChI is InChI=1S/C13H20N4O2/c14-11-2-1-10(9-12(11)15)13(19)17-5-3-16(4-6-17)7-8-18/h1-2,9,18H,3-8,14-15H2. The van der Waals surface area contributed by atoms with Gasteiger partial charge in [-0.3, -0.25) is 9.69 Å². The summed E-state index contributed by atoms with van der Waals surface area (Å²) >= 11 is 0. The first kappa shape index (κ1) is 13.6. The number of aliphatic hydroxyl groups excluding tert-OH is 1. The average Bonchev–Trinajstić information content (AvgIpc) is 2.42. The highest BCUT2D eigenvalue weighted by Gasteiger charge is 2.21. The van der Waals surface area contributed by atoms with Crippen molar-refractivity contribution in [3.63, 3.8) is 0 Å². The molecule has 0 atom stereocenters. The van der Waals surface area contributed by atoms with Crippen molar-refractivity contribution >= 4 is 17.3 Å². The van der Waals surface area contributed by atoms with E-state index in [0.717, 1.165) is 13.1 Å². The molecule has 0 aromatic heterocycles. The molecule has 0 spiro atoms. The smallest absolute Gasteiger partial charge is 0.254 e. The van der Waals surface area contributed by atoms with Gasteiger partial charge in [-0.25, -0.2) is 0 Å². The maximum absolute atomic E-state index is 12.3. The number of benzene rings is 1. The number of hydrogen-bond acceptors (Lipinski definition) is 5. The molecule has 0 saturated carbocycles. The number of nitrogen functional groups attached to an aromatic ring is 2. The summed E-state index contributed by atoms with van der Waals surface area (Å²) < 4.78 is 0. The molecule has 1 amide bonds. The van der Waals surface area contributed by atoms with E-state index in [-0.39, 0.29) is 12.5 Å². The summed E-state index contributed by atoms with van der Waals surface area (Å²) in [4.78, 5) is 16.2. The van der Waals surface area contributed by atoms with Crippen LogP contribution in [0.4, 0.5) is 11.4 Å². The van der Waals surface area contributed by atoms with Crippen molar-refractivity contribution in [2.75, 3.05) is 50.8 Å². The molecule has 6 heteroatoms. The second kappa shape index (κ2) is 5.90. The number of carbonyl (C=O) groups is 1. The first-order valence-corrected chi connectivity index (χ1v) is 6.39. The molecule has 0 bridgehead atoms. The van der Waals surface area contributed by atoms with E-state index < -0.39 is 0 Å². The number of piperazine rings is 1. The first-order chi connectivity index (χ1) is 9.11. The van der Waals surface area contributed by atoms with Gasteiger partial charge in [0.05, 0.1) is 18.0 Å². The summed E-state index contributed by atoms with van der Waals surface area (Å²) in [7, 11) is 0. The van der Waals surface area contributed by atoms with Gasteiger partial charge in [-0.15, -0.1) is 0 Å². The Morgan fingerprint density at radius 2 is 1.84 bits per heavy atom. The summed E-state index contributed by atoms with van der Waals surface area (Å²) in [6.45, 7) is 3.74. The number of hydrogen-bond donors (Lipinski definition) is 3. The van der Waals surface area contributed by atoms with Crippen LogP contribution >= 0.6 is 0 Å². The molecule has 2 rings (SSSR count). The molecule has 1 aliphatic heterocycles. The van der Waals surface area contributed by atoms with Crippen LogP contribution < -0.4 is 11.5 Å². The monoisotopic (exact) mass is 264 g/mol. The highest BCUT2D eigenvalue weighted by Crippen LogP contribution is 2.18. The lowest BCUT2D eigenvalue weighted by Gasteiger charge is -2.34. The van der Waals surface area contributed by atoms with Gasteiger partial charge < -0.3 is 21.5 Å². The predicted molar refractivity (Wildman–Crippen MR) is 74.7 cm³/mol. The number of carbonyl (C=O) groups excluding carboxylic acids is 1. The minimum atomic E-state index is -0.0182. The highest BCUT2D eigenvalue weighted by atomic mass is 16.3. The number of anilines is 2. The number of nitrogens with zero attached hydrogens (tertiary/aromatic N) is 2. The summed E-state index contributed by atoms with van der Waals surface area (Å²) in [5.74, 6) is -0.0182. The Kier molecular flexibility index (Phi) is 4.24. The zero-order valence-electron chi connectivity index (χ0n) is 10.9. The lowest BCUT2D eigenvalue weighted by molar-refractivity contribution is 0.0615. The zero-order valence-corrected chi connectivity index (χ0v) is 10.9. The van der Waals surface area contributed by atoms with Crippen LogP contribution in [0.15, 0.2) is 18.2 Å². The normalized spacial score (nSPS) is 16.6. The van der Waals surface area contributed by atoms with E-state index in [0.29, 0.717) is 36.6 Å². The van der Waals surface area contributed by atoms with Crippen molar-refractivity contribution < 1.29 is 9.90 Å². The molecule has 0 radical (unpaired) electrons. The molecule has 1 aromatic carbocycles. The zero-order chi connectivity index (χ0) is 13.8. The van der Waals surface area contributed by atoms with Crippen molar-refractivity contribution in [3.05, 3.63) is 23.8 Å². The first-order valence-electron chi connectivity index (χ1n) is 6.39. The summed E-state index contributed by atoms with van der Waals surface area (Å²) in [5.41, 5.74) is 12.9. The van der Waals surface area contributed by atoms with E-state index in [9.17, 15) is 4.79 Å². The van der Waals surface area contributed by atoms with Crippen molar-refractivity contribution in [3.8, 4) is 0 Å². The van der Waals surface area contributed by atoms with Crippen LogP contribution in [0.1, 0.15) is 10.4 Å². The fourth-order valence-corrected chi connectivity index (χ4v) is 2.21. The Bertz CT molecular complexity index is 456. The van der Waals surface area contributed by atoms with Crippen LogP contribution in [0.2, 0.25) is 0 Å². The SMILES string of the molecule is Nc1ccc(C(=O)N2CCN(CCO)CC2)cc1N. The minimum Gasteiger partial charge on any atom is -0.397 e. The molecule has 104 valence electrons. The lowest BCUT2D eigenvalue weighted by Crippen LogP contribution is -2.49. The third-order valence-corrected chi connectivity index (χ3v) is 3.41. The molecule has 1 saturated heterocycles. The van der Waals surface area contributed by atoms with Crippen LogP contribution in [-0.2, 0) is 0 Å². The molecule has 19 heavy (non-hydrogen) atoms. The van der Waals surface area contributed by atoms with E-state index in [1.807, 2.05) is 0 Å². The number of aliphatic hydroxyl groups is 1. The van der Waals surface area contributed by atoms with E-state index in [1.54, 1.807) is 23.1 Å². The molecule has 6 nitrogen and oxygen atoms in total. The summed E-state index contributed by atoms with van der Waals surface area (Å²) in [5, 5.41) is 8.88. The molecular weight excluding hydrogens is 244 g/mol. The van der Waals surface area contributed by atoms with Gasteiger partial charge >= 0.3 is 0 Å². The third kappa shape index (κ3) is 3.15. The van der Waals surface area contributed by atoms with Gasteiger partial charge in [0, 0.05) is 38.3 Å². The van der Waals surface area contributed by atoms with Gasteiger partial charge in [0.2, 0.25) is 0 Å². The molecule has 1 heterocycles. The molecule has 1 aromatic rings. The number of β-amino-alcohol motifs (C(OH)–C–C–N with tert-alkyl or cyclic N) is 1. The minimum absolute atomic E-state index is 0.0182. The number of rotatable bonds is 3. The van der Waals surface area contributed by atoms with Gasteiger partial charge in [-0.1, -0.05) is 0 Å². The molecule has 0 unspecified atom stereocenters. The Hall–Kier alpha value is -1.79. The summed E-state index contributed by atoms with van der Waals surface area (Å²) in [6, 6.07) is 4.98. The van der Waals surface area contributed by atoms with Crippen molar-refractivity contribution in [1.82, 2.24) is 9.80 Å². The van der Waals surface area contributed by atoms with Crippen molar-refractivity contribution in [2.24, 2.45) is 0 Å². The maximum Gasteiger partial charge on any atom is 0.254 e. The average molecular weight is 264 g/mol. The van der Waals surface area contributed by atoms with E-state index in [2.05, 4.69) is 4.90 Å². The van der Waals surface area contributed by atoms with Gasteiger partial charge in [-0.05, 0) is 18.2 Å². The van der Waals surface area contributed by atoms with Crippen LogP contribution in [0.25, 0.3) is 0 Å². The largest absolute Gasteiger partial charge is 0.397 e. The Balaban J connectivity index is 1.99. The van der Waals surface area contributed by atoms with Crippen LogP contribution in [0, 0.1) is 0 Å². The van der Waals surface area contributed by atoms with Gasteiger partial charge in [0.1, 0.15) is 0 Å². The van der Waals surface area contributed by atoms with Crippen LogP contribution in [0.5, 0.6) is 0 Å². The van der Waals surface area contributed by atoms with E-state index in [4.69, 9.17) is 16.6 Å². The lowest BCUT2D eigenvalue weighted by atomic mass is 10.1. The third-order valence-electron chi connectivity index (χ3n) is 3.41. The fraction of sp³-hybridized carbons (Fsp3) is 0.462. The number of amides is 1. The van der Waals surface area contributed by atoms with Gasteiger partial charge in [-0.2, -0.15) is 0 Å². The van der Waals surface area contributed by atoms with Gasteiger partial charge in [0.15, 0.2) is 0 Å². The number of nitrogens with two attached hydrogens (primary N) is 2. The van der Waals surface area contributed by atoms with Crippen LogP contribution in [0.3, 0.4) is 0 Å². The Morgan fingerprint density at radius 3 is 2.42 bits per heavy atom. The van der Waals surface area contributed by atoms with Crippen LogP contribution in [-0.4, -0.2) is 60.1 Å². The molecule has 1 aliphatic rings. The fourth-order valence-electron chi connectivity index (χ4n) is 2.21. The maximum atomic E-state index is 12.3. The van der Waals surface area contributed by atoms with Gasteiger partial charge in [0.25, 0.3) is 5.91 Å². The molecule has 1 fully saturated rings. The molecule has 0 aliphatic carbocycles. The summed E-state index contributed by atoms with van der Waals surface area (Å²) in [6.07, 6.45) is 0. The van der Waals surface area contributed by atoms with Crippen molar-refractivity contribution in [1.29, 1.82) is 0 Å². The topological polar surface area (TPSA) is 95.8 Å². The molecule has 5 N–H and O–H groups in total. The Labute approximate surface area is 112 Å². The second-order valence-corrected chi connectivity index (χ2v) is 4.70. The van der Waals surface area contributed by atoms with E-state index in [1.165, 1.54) is 0 Å². The quantitative estimate of drug-likeness (QED) is 0.646.